The Labute approximate surface area is 357 Å². The van der Waals surface area contributed by atoms with Gasteiger partial charge in [0.05, 0.1) is 0 Å². The highest BCUT2D eigenvalue weighted by atomic mass is 32.1. The molecule has 3 aromatic heterocycles. The van der Waals surface area contributed by atoms with Gasteiger partial charge in [0, 0.05) is 53.6 Å². The van der Waals surface area contributed by atoms with Crippen LogP contribution in [0.4, 0.5) is 0 Å². The van der Waals surface area contributed by atoms with Crippen LogP contribution < -0.4 is 0 Å². The Morgan fingerprint density at radius 1 is 0.262 bits per heavy atom. The molecule has 0 saturated heterocycles. The SMILES string of the molecule is c1ccc(-c2ccc3sc4ccccc4c3c2-c2nnnc(-c3ccccc3)c2-c2ccccc2)cc1.c1ccc(-c2nnnc(-c3ccccc3)c2-c2ccccc2)cc1. The minimum atomic E-state index is 0.826. The van der Waals surface area contributed by atoms with E-state index in [1.807, 2.05) is 114 Å². The third-order valence-electron chi connectivity index (χ3n) is 10.7. The molecule has 61 heavy (non-hydrogen) atoms. The topological polar surface area (TPSA) is 77.3 Å². The summed E-state index contributed by atoms with van der Waals surface area (Å²) in [6.07, 6.45) is 0. The molecule has 0 aliphatic heterocycles. The Hall–Kier alpha value is -8.00. The van der Waals surface area contributed by atoms with Crippen molar-refractivity contribution in [3.05, 3.63) is 218 Å². The molecule has 0 unspecified atom stereocenters. The summed E-state index contributed by atoms with van der Waals surface area (Å²) >= 11 is 1.81. The standard InChI is InChI=1S/C33H21N3S.C21H15N3/c1-4-12-22(13-5-1)25-20-21-28-30(26-18-10-11-19-27(26)37-28)31(25)33-29(23-14-6-2-7-15-23)32(34-36-35-33)24-16-8-3-9-17-24;1-4-10-16(11-5-1)19-20(17-12-6-2-7-13-17)22-24-23-21(19)18-14-8-3-9-15-18/h1-21H;1-15H. The van der Waals surface area contributed by atoms with Crippen LogP contribution in [0.3, 0.4) is 0 Å². The van der Waals surface area contributed by atoms with E-state index in [0.717, 1.165) is 78.4 Å². The predicted molar refractivity (Wildman–Crippen MR) is 251 cm³/mol. The van der Waals surface area contributed by atoms with Crippen molar-refractivity contribution in [2.75, 3.05) is 0 Å². The molecule has 0 saturated carbocycles. The zero-order valence-electron chi connectivity index (χ0n) is 32.9. The molecule has 0 bridgehead atoms. The fraction of sp³-hybridized carbons (Fsp3) is 0. The molecule has 288 valence electrons. The van der Waals surface area contributed by atoms with Crippen molar-refractivity contribution >= 4 is 31.5 Å². The summed E-state index contributed by atoms with van der Waals surface area (Å²) in [6, 6.07) is 74.7. The average Bonchev–Trinajstić information content (AvgIpc) is 3.74. The summed E-state index contributed by atoms with van der Waals surface area (Å²) in [6.45, 7) is 0. The van der Waals surface area contributed by atoms with Crippen LogP contribution in [0.1, 0.15) is 0 Å². The maximum absolute atomic E-state index is 4.78. The van der Waals surface area contributed by atoms with Gasteiger partial charge < -0.3 is 0 Å². The largest absolute Gasteiger partial charge is 0.135 e. The lowest BCUT2D eigenvalue weighted by Gasteiger charge is -2.17. The van der Waals surface area contributed by atoms with E-state index in [1.54, 1.807) is 0 Å². The minimum Gasteiger partial charge on any atom is -0.135 e. The number of fused-ring (bicyclic) bond motifs is 3. The quantitative estimate of drug-likeness (QED) is 0.160. The van der Waals surface area contributed by atoms with Crippen molar-refractivity contribution in [3.63, 3.8) is 0 Å². The van der Waals surface area contributed by atoms with Crippen molar-refractivity contribution < 1.29 is 0 Å². The summed E-state index contributed by atoms with van der Waals surface area (Å²) in [4.78, 5) is 0. The molecule has 0 amide bonds. The molecular formula is C54H36N6S. The van der Waals surface area contributed by atoms with E-state index in [1.165, 1.54) is 20.2 Å². The maximum Gasteiger partial charge on any atom is 0.106 e. The Morgan fingerprint density at radius 3 is 1.08 bits per heavy atom. The van der Waals surface area contributed by atoms with Crippen LogP contribution in [0, 0.1) is 0 Å². The van der Waals surface area contributed by atoms with Crippen molar-refractivity contribution in [3.8, 4) is 78.4 Å². The Kier molecular flexibility index (Phi) is 10.4. The molecule has 11 aromatic rings. The lowest BCUT2D eigenvalue weighted by atomic mass is 9.88. The highest BCUT2D eigenvalue weighted by molar-refractivity contribution is 7.26. The van der Waals surface area contributed by atoms with E-state index in [4.69, 9.17) is 5.10 Å². The number of hydrogen-bond acceptors (Lipinski definition) is 7. The van der Waals surface area contributed by atoms with Crippen molar-refractivity contribution in [2.45, 2.75) is 0 Å². The molecule has 6 nitrogen and oxygen atoms in total. The van der Waals surface area contributed by atoms with Crippen LogP contribution >= 0.6 is 11.3 Å². The second-order valence-electron chi connectivity index (χ2n) is 14.4. The fourth-order valence-corrected chi connectivity index (χ4v) is 9.01. The first-order chi connectivity index (χ1) is 30.3. The van der Waals surface area contributed by atoms with Crippen LogP contribution in [0.15, 0.2) is 218 Å². The van der Waals surface area contributed by atoms with Crippen LogP contribution in [0.2, 0.25) is 0 Å². The third kappa shape index (κ3) is 7.46. The molecule has 0 atom stereocenters. The van der Waals surface area contributed by atoms with E-state index in [-0.39, 0.29) is 0 Å². The first-order valence-corrected chi connectivity index (χ1v) is 20.9. The number of aromatic nitrogens is 6. The predicted octanol–water partition coefficient (Wildman–Crippen LogP) is 13.8. The van der Waals surface area contributed by atoms with Gasteiger partial charge in [-0.05, 0) is 44.8 Å². The highest BCUT2D eigenvalue weighted by Gasteiger charge is 2.24. The van der Waals surface area contributed by atoms with E-state index in [2.05, 4.69) is 141 Å². The molecule has 0 aliphatic rings. The molecule has 11 rings (SSSR count). The summed E-state index contributed by atoms with van der Waals surface area (Å²) in [5.74, 6) is 0. The van der Waals surface area contributed by atoms with Gasteiger partial charge in [0.1, 0.15) is 22.8 Å². The van der Waals surface area contributed by atoms with Gasteiger partial charge in [-0.1, -0.05) is 206 Å². The molecule has 7 heteroatoms. The van der Waals surface area contributed by atoms with Gasteiger partial charge in [-0.3, -0.25) is 0 Å². The second-order valence-corrected chi connectivity index (χ2v) is 15.5. The van der Waals surface area contributed by atoms with Gasteiger partial charge in [0.2, 0.25) is 0 Å². The third-order valence-corrected chi connectivity index (χ3v) is 11.8. The Bertz CT molecular complexity index is 3160. The first kappa shape index (κ1) is 37.3. The summed E-state index contributed by atoms with van der Waals surface area (Å²) in [7, 11) is 0. The van der Waals surface area contributed by atoms with Crippen molar-refractivity contribution in [1.82, 2.24) is 30.8 Å². The first-order valence-electron chi connectivity index (χ1n) is 20.1. The molecule has 0 spiro atoms. The van der Waals surface area contributed by atoms with Gasteiger partial charge in [-0.15, -0.1) is 31.7 Å². The maximum atomic E-state index is 4.78. The lowest BCUT2D eigenvalue weighted by molar-refractivity contribution is 0.878. The average molecular weight is 801 g/mol. The van der Waals surface area contributed by atoms with Crippen molar-refractivity contribution in [1.29, 1.82) is 0 Å². The van der Waals surface area contributed by atoms with E-state index >= 15 is 0 Å². The van der Waals surface area contributed by atoms with E-state index < -0.39 is 0 Å². The van der Waals surface area contributed by atoms with Gasteiger partial charge in [0.25, 0.3) is 0 Å². The molecule has 0 aliphatic carbocycles. The molecule has 3 heterocycles. The molecule has 0 radical (unpaired) electrons. The highest BCUT2D eigenvalue weighted by Crippen LogP contribution is 2.48. The monoisotopic (exact) mass is 800 g/mol. The van der Waals surface area contributed by atoms with Gasteiger partial charge in [-0.25, -0.2) is 0 Å². The number of thiophene rings is 1. The minimum absolute atomic E-state index is 0.826. The fourth-order valence-electron chi connectivity index (χ4n) is 7.89. The summed E-state index contributed by atoms with van der Waals surface area (Å²) < 4.78 is 2.49. The van der Waals surface area contributed by atoms with Crippen LogP contribution in [0.5, 0.6) is 0 Å². The molecule has 0 N–H and O–H groups in total. The normalized spacial score (nSPS) is 11.0. The number of nitrogens with zero attached hydrogens (tertiary/aromatic N) is 6. The molecule has 0 fully saturated rings. The lowest BCUT2D eigenvalue weighted by Crippen LogP contribution is -2.01. The van der Waals surface area contributed by atoms with Crippen molar-refractivity contribution in [2.24, 2.45) is 0 Å². The van der Waals surface area contributed by atoms with Gasteiger partial charge in [0.15, 0.2) is 0 Å². The second kappa shape index (κ2) is 17.1. The van der Waals surface area contributed by atoms with Gasteiger partial charge >= 0.3 is 0 Å². The van der Waals surface area contributed by atoms with Gasteiger partial charge in [-0.2, -0.15) is 0 Å². The smallest absolute Gasteiger partial charge is 0.106 e. The zero-order valence-corrected chi connectivity index (χ0v) is 33.7. The summed E-state index contributed by atoms with van der Waals surface area (Å²) in [5, 5.41) is 28.9. The molecular weight excluding hydrogens is 765 g/mol. The number of benzene rings is 8. The Balaban J connectivity index is 0.000000160. The summed E-state index contributed by atoms with van der Waals surface area (Å²) in [5.41, 5.74) is 13.9. The number of rotatable bonds is 7. The zero-order chi connectivity index (χ0) is 40.8. The van der Waals surface area contributed by atoms with E-state index in [9.17, 15) is 0 Å². The number of hydrogen-bond donors (Lipinski definition) is 0. The van der Waals surface area contributed by atoms with E-state index in [0.29, 0.717) is 0 Å². The van der Waals surface area contributed by atoms with Crippen LogP contribution in [0.25, 0.3) is 98.6 Å². The van der Waals surface area contributed by atoms with Crippen LogP contribution in [-0.4, -0.2) is 30.8 Å². The molecule has 8 aromatic carbocycles. The van der Waals surface area contributed by atoms with Crippen LogP contribution in [-0.2, 0) is 0 Å². The Morgan fingerprint density at radius 2 is 0.623 bits per heavy atom.